The van der Waals surface area contributed by atoms with Crippen LogP contribution in [0, 0.1) is 0 Å². The summed E-state index contributed by atoms with van der Waals surface area (Å²) in [6.07, 6.45) is 2.47. The Hall–Kier alpha value is -2.83. The molecule has 1 unspecified atom stereocenters. The Morgan fingerprint density at radius 3 is 2.88 bits per heavy atom. The monoisotopic (exact) mass is 325 g/mol. The van der Waals surface area contributed by atoms with E-state index in [1.54, 1.807) is 10.8 Å². The highest BCUT2D eigenvalue weighted by molar-refractivity contribution is 5.67. The van der Waals surface area contributed by atoms with Crippen LogP contribution in [0.15, 0.2) is 30.6 Å². The quantitative estimate of drug-likeness (QED) is 0.795. The molecule has 7 nitrogen and oxygen atoms in total. The minimum atomic E-state index is 0.0773. The van der Waals surface area contributed by atoms with Crippen molar-refractivity contribution in [3.63, 3.8) is 0 Å². The number of fused-ring (bicyclic) bond motifs is 2. The Morgan fingerprint density at radius 1 is 1.21 bits per heavy atom. The Balaban J connectivity index is 1.64. The molecule has 0 radical (unpaired) electrons. The van der Waals surface area contributed by atoms with Gasteiger partial charge in [0.15, 0.2) is 11.5 Å². The first-order valence-electron chi connectivity index (χ1n) is 8.10. The number of aryl methyl sites for hydroxylation is 1. The number of anilines is 1. The van der Waals surface area contributed by atoms with Gasteiger partial charge in [0.2, 0.25) is 5.65 Å². The van der Waals surface area contributed by atoms with Gasteiger partial charge >= 0.3 is 0 Å². The Kier molecular flexibility index (Phi) is 3.68. The van der Waals surface area contributed by atoms with Gasteiger partial charge in [-0.3, -0.25) is 0 Å². The fraction of sp³-hybridized carbons (Fsp3) is 0.353. The van der Waals surface area contributed by atoms with Gasteiger partial charge in [-0.05, 0) is 37.1 Å². The molecule has 0 fully saturated rings. The van der Waals surface area contributed by atoms with Crippen molar-refractivity contribution in [3.8, 4) is 11.5 Å². The molecule has 2 aromatic heterocycles. The van der Waals surface area contributed by atoms with Gasteiger partial charge < -0.3 is 14.8 Å². The first-order chi connectivity index (χ1) is 11.7. The number of nitrogens with zero attached hydrogens (tertiary/aromatic N) is 4. The molecule has 0 spiro atoms. The lowest BCUT2D eigenvalue weighted by Gasteiger charge is -2.21. The molecule has 0 saturated heterocycles. The Labute approximate surface area is 139 Å². The molecule has 1 atom stereocenters. The van der Waals surface area contributed by atoms with Crippen molar-refractivity contribution < 1.29 is 9.47 Å². The van der Waals surface area contributed by atoms with Gasteiger partial charge in [-0.1, -0.05) is 13.0 Å². The molecule has 1 aliphatic heterocycles. The zero-order valence-electron chi connectivity index (χ0n) is 13.7. The number of ether oxygens (including phenoxy) is 2. The van der Waals surface area contributed by atoms with Crippen LogP contribution in [0.5, 0.6) is 11.5 Å². The summed E-state index contributed by atoms with van der Waals surface area (Å²) in [4.78, 5) is 0. The average molecular weight is 325 g/mol. The number of benzene rings is 1. The molecular formula is C17H19N5O2. The molecule has 3 heterocycles. The van der Waals surface area contributed by atoms with Crippen LogP contribution < -0.4 is 14.8 Å². The summed E-state index contributed by atoms with van der Waals surface area (Å²) in [6, 6.07) is 8.13. The topological polar surface area (TPSA) is 73.6 Å². The lowest BCUT2D eigenvalue weighted by molar-refractivity contribution is 0.171. The largest absolute Gasteiger partial charge is 0.486 e. The predicted octanol–water partition coefficient (Wildman–Crippen LogP) is 2.63. The van der Waals surface area contributed by atoms with E-state index < -0.39 is 0 Å². The van der Waals surface area contributed by atoms with Crippen molar-refractivity contribution in [1.82, 2.24) is 19.8 Å². The first-order valence-corrected chi connectivity index (χ1v) is 8.10. The Morgan fingerprint density at radius 2 is 2.04 bits per heavy atom. The van der Waals surface area contributed by atoms with Crippen LogP contribution in [-0.2, 0) is 6.42 Å². The molecule has 7 heteroatoms. The van der Waals surface area contributed by atoms with Crippen molar-refractivity contribution >= 4 is 11.3 Å². The number of hydrogen-bond acceptors (Lipinski definition) is 6. The van der Waals surface area contributed by atoms with Crippen molar-refractivity contribution in [3.05, 3.63) is 41.9 Å². The molecular weight excluding hydrogens is 306 g/mol. The lowest BCUT2D eigenvalue weighted by atomic mass is 10.1. The average Bonchev–Trinajstić information content (AvgIpc) is 3.10. The maximum atomic E-state index is 5.67. The van der Waals surface area contributed by atoms with Gasteiger partial charge in [0.05, 0.1) is 11.4 Å². The predicted molar refractivity (Wildman–Crippen MR) is 89.6 cm³/mol. The third kappa shape index (κ3) is 2.62. The van der Waals surface area contributed by atoms with Gasteiger partial charge in [0.1, 0.15) is 19.5 Å². The van der Waals surface area contributed by atoms with Crippen LogP contribution in [0.3, 0.4) is 0 Å². The van der Waals surface area contributed by atoms with E-state index in [0.29, 0.717) is 13.2 Å². The fourth-order valence-corrected chi connectivity index (χ4v) is 2.80. The van der Waals surface area contributed by atoms with Crippen LogP contribution in [0.25, 0.3) is 5.65 Å². The fourth-order valence-electron chi connectivity index (χ4n) is 2.80. The van der Waals surface area contributed by atoms with Gasteiger partial charge in [-0.25, -0.2) is 0 Å². The minimum Gasteiger partial charge on any atom is -0.486 e. The van der Waals surface area contributed by atoms with Gasteiger partial charge in [0.25, 0.3) is 0 Å². The van der Waals surface area contributed by atoms with E-state index in [9.17, 15) is 0 Å². The molecule has 4 rings (SSSR count). The summed E-state index contributed by atoms with van der Waals surface area (Å²) in [5, 5.41) is 16.1. The van der Waals surface area contributed by atoms with E-state index in [1.807, 2.05) is 24.3 Å². The normalized spacial score (nSPS) is 14.6. The van der Waals surface area contributed by atoms with Crippen molar-refractivity contribution in [2.45, 2.75) is 26.3 Å². The molecule has 3 aromatic rings. The SMILES string of the molecule is CCc1cc(NC(C)c2ccc3c(c2)OCCO3)c2nncn2n1. The summed E-state index contributed by atoms with van der Waals surface area (Å²) >= 11 is 0. The minimum absolute atomic E-state index is 0.0773. The number of aromatic nitrogens is 4. The van der Waals surface area contributed by atoms with Crippen molar-refractivity contribution in [1.29, 1.82) is 0 Å². The molecule has 124 valence electrons. The summed E-state index contributed by atoms with van der Waals surface area (Å²) in [5.74, 6) is 1.60. The second-order valence-electron chi connectivity index (χ2n) is 5.77. The molecule has 24 heavy (non-hydrogen) atoms. The second kappa shape index (κ2) is 5.99. The van der Waals surface area contributed by atoms with Crippen molar-refractivity contribution in [2.75, 3.05) is 18.5 Å². The molecule has 0 bridgehead atoms. The second-order valence-corrected chi connectivity index (χ2v) is 5.77. The zero-order valence-corrected chi connectivity index (χ0v) is 13.7. The number of hydrogen-bond donors (Lipinski definition) is 1. The van der Waals surface area contributed by atoms with E-state index >= 15 is 0 Å². The van der Waals surface area contributed by atoms with Crippen LogP contribution in [-0.4, -0.2) is 33.0 Å². The highest BCUT2D eigenvalue weighted by Crippen LogP contribution is 2.33. The van der Waals surface area contributed by atoms with Crippen LogP contribution in [0.1, 0.15) is 31.1 Å². The van der Waals surface area contributed by atoms with Crippen LogP contribution in [0.4, 0.5) is 5.69 Å². The summed E-state index contributed by atoms with van der Waals surface area (Å²) in [7, 11) is 0. The summed E-state index contributed by atoms with van der Waals surface area (Å²) in [6.45, 7) is 5.36. The molecule has 0 saturated carbocycles. The van der Waals surface area contributed by atoms with E-state index in [4.69, 9.17) is 9.47 Å². The van der Waals surface area contributed by atoms with E-state index in [0.717, 1.165) is 40.5 Å². The van der Waals surface area contributed by atoms with E-state index in [2.05, 4.69) is 34.5 Å². The summed E-state index contributed by atoms with van der Waals surface area (Å²) < 4.78 is 13.0. The maximum Gasteiger partial charge on any atom is 0.200 e. The van der Waals surface area contributed by atoms with E-state index in [1.165, 1.54) is 0 Å². The van der Waals surface area contributed by atoms with E-state index in [-0.39, 0.29) is 6.04 Å². The third-order valence-corrected chi connectivity index (χ3v) is 4.12. The third-order valence-electron chi connectivity index (χ3n) is 4.12. The smallest absolute Gasteiger partial charge is 0.200 e. The van der Waals surface area contributed by atoms with Gasteiger partial charge in [0, 0.05) is 6.04 Å². The molecule has 0 amide bonds. The first kappa shape index (κ1) is 14.7. The highest BCUT2D eigenvalue weighted by Gasteiger charge is 2.16. The zero-order chi connectivity index (χ0) is 16.5. The number of rotatable bonds is 4. The molecule has 0 aliphatic carbocycles. The molecule has 1 N–H and O–H groups in total. The highest BCUT2D eigenvalue weighted by atomic mass is 16.6. The summed E-state index contributed by atoms with van der Waals surface area (Å²) in [5.41, 5.74) is 3.74. The standard InChI is InChI=1S/C17H19N5O2/c1-3-13-9-14(17-20-18-10-22(17)21-13)19-11(2)12-4-5-15-16(8-12)24-7-6-23-15/h4-5,8-11,19H,3,6-7H2,1-2H3. The van der Waals surface area contributed by atoms with Gasteiger partial charge in [-0.2, -0.15) is 9.61 Å². The Bertz CT molecular complexity index is 877. The van der Waals surface area contributed by atoms with Crippen molar-refractivity contribution in [2.24, 2.45) is 0 Å². The lowest BCUT2D eigenvalue weighted by Crippen LogP contribution is -2.16. The van der Waals surface area contributed by atoms with Crippen LogP contribution in [0.2, 0.25) is 0 Å². The number of nitrogens with one attached hydrogen (secondary N) is 1. The molecule has 1 aliphatic rings. The van der Waals surface area contributed by atoms with Crippen LogP contribution >= 0.6 is 0 Å². The van der Waals surface area contributed by atoms with Gasteiger partial charge in [-0.15, -0.1) is 10.2 Å². The maximum absolute atomic E-state index is 5.67. The molecule has 1 aromatic carbocycles.